The molecule has 0 aliphatic heterocycles. The number of nitrogens with one attached hydrogen (secondary N) is 1. The highest BCUT2D eigenvalue weighted by molar-refractivity contribution is 5.17. The smallest absolute Gasteiger partial charge is 0.0890 e. The molecule has 5 nitrogen and oxygen atoms in total. The van der Waals surface area contributed by atoms with Crippen LogP contribution in [0, 0.1) is 5.92 Å². The normalized spacial score (nSPS) is 28.5. The zero-order valence-corrected chi connectivity index (χ0v) is 12.9. The quantitative estimate of drug-likeness (QED) is 0.620. The Kier molecular flexibility index (Phi) is 5.18. The van der Waals surface area contributed by atoms with Gasteiger partial charge in [0.25, 0.3) is 0 Å². The molecule has 0 amide bonds. The fourth-order valence-electron chi connectivity index (χ4n) is 3.31. The molecule has 1 fully saturated rings. The number of hydrogen-bond acceptors (Lipinski definition) is 4. The summed E-state index contributed by atoms with van der Waals surface area (Å²) >= 11 is 0. The van der Waals surface area contributed by atoms with Gasteiger partial charge < -0.3 is 4.74 Å². The monoisotopic (exact) mass is 280 g/mol. The Bertz CT molecular complexity index is 410. The van der Waals surface area contributed by atoms with Crippen molar-refractivity contribution in [2.24, 2.45) is 11.8 Å². The van der Waals surface area contributed by atoms with Crippen LogP contribution in [0.2, 0.25) is 0 Å². The van der Waals surface area contributed by atoms with Gasteiger partial charge in [-0.1, -0.05) is 6.92 Å². The Morgan fingerprint density at radius 2 is 2.20 bits per heavy atom. The van der Waals surface area contributed by atoms with E-state index in [4.69, 9.17) is 10.6 Å². The minimum absolute atomic E-state index is 0.00949. The molecule has 20 heavy (non-hydrogen) atoms. The van der Waals surface area contributed by atoms with Gasteiger partial charge in [-0.15, -0.1) is 0 Å². The summed E-state index contributed by atoms with van der Waals surface area (Å²) in [5.41, 5.74) is 3.91. The highest BCUT2D eigenvalue weighted by Gasteiger charge is 2.43. The van der Waals surface area contributed by atoms with Crippen molar-refractivity contribution in [3.05, 3.63) is 18.0 Å². The molecule has 1 aliphatic carbocycles. The van der Waals surface area contributed by atoms with Gasteiger partial charge in [0.15, 0.2) is 0 Å². The largest absolute Gasteiger partial charge is 0.373 e. The lowest BCUT2D eigenvalue weighted by Crippen LogP contribution is -2.50. The van der Waals surface area contributed by atoms with Crippen LogP contribution in [0.15, 0.2) is 12.4 Å². The van der Waals surface area contributed by atoms with Crippen LogP contribution in [0.1, 0.15) is 58.1 Å². The van der Waals surface area contributed by atoms with Crippen molar-refractivity contribution in [3.8, 4) is 0 Å². The van der Waals surface area contributed by atoms with Crippen molar-refractivity contribution < 1.29 is 4.74 Å². The fraction of sp³-hybridized carbons (Fsp3) is 0.800. The number of nitrogens with zero attached hydrogens (tertiary/aromatic N) is 2. The standard InChI is InChI=1S/C15H28N4O/c1-4-19-11-13(10-17-19)14(18-16)15(20-5-2)8-6-12(3)7-9-15/h10-12,14,18H,4-9,16H2,1-3H3. The van der Waals surface area contributed by atoms with Crippen LogP contribution in [0.3, 0.4) is 0 Å². The molecule has 5 heteroatoms. The maximum atomic E-state index is 6.19. The van der Waals surface area contributed by atoms with Crippen LogP contribution < -0.4 is 11.3 Å². The summed E-state index contributed by atoms with van der Waals surface area (Å²) in [5, 5.41) is 4.37. The molecule has 1 heterocycles. The third-order valence-electron chi connectivity index (χ3n) is 4.56. The number of ether oxygens (including phenoxy) is 1. The van der Waals surface area contributed by atoms with Crippen molar-refractivity contribution in [1.29, 1.82) is 0 Å². The van der Waals surface area contributed by atoms with Gasteiger partial charge in [0.1, 0.15) is 0 Å². The zero-order valence-electron chi connectivity index (χ0n) is 12.9. The van der Waals surface area contributed by atoms with E-state index >= 15 is 0 Å². The molecule has 0 bridgehead atoms. The van der Waals surface area contributed by atoms with E-state index in [1.165, 1.54) is 12.8 Å². The van der Waals surface area contributed by atoms with Crippen molar-refractivity contribution >= 4 is 0 Å². The second-order valence-electron chi connectivity index (χ2n) is 5.91. The van der Waals surface area contributed by atoms with Crippen LogP contribution in [-0.4, -0.2) is 22.0 Å². The van der Waals surface area contributed by atoms with E-state index in [1.54, 1.807) is 0 Å². The van der Waals surface area contributed by atoms with Crippen LogP contribution in [0.25, 0.3) is 0 Å². The van der Waals surface area contributed by atoms with E-state index in [1.807, 2.05) is 10.9 Å². The third kappa shape index (κ3) is 3.05. The topological polar surface area (TPSA) is 65.1 Å². The molecule has 1 atom stereocenters. The lowest BCUT2D eigenvalue weighted by Gasteiger charge is -2.44. The summed E-state index contributed by atoms with van der Waals surface area (Å²) in [4.78, 5) is 0. The van der Waals surface area contributed by atoms with Crippen molar-refractivity contribution in [3.63, 3.8) is 0 Å². The Hall–Kier alpha value is -0.910. The van der Waals surface area contributed by atoms with Crippen LogP contribution >= 0.6 is 0 Å². The van der Waals surface area contributed by atoms with Gasteiger partial charge in [0.05, 0.1) is 17.8 Å². The number of nitrogens with two attached hydrogens (primary N) is 1. The van der Waals surface area contributed by atoms with Crippen molar-refractivity contribution in [1.82, 2.24) is 15.2 Å². The minimum Gasteiger partial charge on any atom is -0.373 e. The van der Waals surface area contributed by atoms with Gasteiger partial charge in [0, 0.05) is 24.9 Å². The van der Waals surface area contributed by atoms with E-state index < -0.39 is 0 Å². The first-order valence-electron chi connectivity index (χ1n) is 7.77. The molecule has 0 radical (unpaired) electrons. The van der Waals surface area contributed by atoms with Crippen LogP contribution in [0.5, 0.6) is 0 Å². The van der Waals surface area contributed by atoms with E-state index in [0.29, 0.717) is 6.61 Å². The molecule has 2 rings (SSSR count). The SMILES string of the molecule is CCOC1(C(NN)c2cnn(CC)c2)CCC(C)CC1. The molecule has 0 saturated heterocycles. The van der Waals surface area contributed by atoms with E-state index in [2.05, 4.69) is 37.5 Å². The third-order valence-corrected chi connectivity index (χ3v) is 4.56. The average molecular weight is 280 g/mol. The molecule has 0 aromatic carbocycles. The van der Waals surface area contributed by atoms with Gasteiger partial charge in [-0.2, -0.15) is 5.10 Å². The van der Waals surface area contributed by atoms with E-state index in [9.17, 15) is 0 Å². The van der Waals surface area contributed by atoms with E-state index in [0.717, 1.165) is 30.9 Å². The lowest BCUT2D eigenvalue weighted by atomic mass is 9.74. The summed E-state index contributed by atoms with van der Waals surface area (Å²) in [7, 11) is 0. The first kappa shape index (κ1) is 15.5. The fourth-order valence-corrected chi connectivity index (χ4v) is 3.31. The second-order valence-corrected chi connectivity index (χ2v) is 5.91. The molecule has 1 aromatic rings. The summed E-state index contributed by atoms with van der Waals surface area (Å²) in [6, 6.07) is 0.00949. The summed E-state index contributed by atoms with van der Waals surface area (Å²) in [6.45, 7) is 8.05. The molecule has 1 saturated carbocycles. The summed E-state index contributed by atoms with van der Waals surface area (Å²) in [5.74, 6) is 6.65. The number of aryl methyl sites for hydroxylation is 1. The Morgan fingerprint density at radius 1 is 1.50 bits per heavy atom. The maximum Gasteiger partial charge on any atom is 0.0890 e. The van der Waals surface area contributed by atoms with Gasteiger partial charge >= 0.3 is 0 Å². The van der Waals surface area contributed by atoms with Gasteiger partial charge in [-0.3, -0.25) is 10.5 Å². The summed E-state index contributed by atoms with van der Waals surface area (Å²) < 4.78 is 8.12. The predicted molar refractivity (Wildman–Crippen MR) is 80.0 cm³/mol. The first-order chi connectivity index (χ1) is 9.65. The molecule has 114 valence electrons. The maximum absolute atomic E-state index is 6.19. The minimum atomic E-state index is -0.197. The number of hydrazine groups is 1. The molecule has 1 aliphatic rings. The summed E-state index contributed by atoms with van der Waals surface area (Å²) in [6.07, 6.45) is 8.47. The lowest BCUT2D eigenvalue weighted by molar-refractivity contribution is -0.0977. The Balaban J connectivity index is 2.25. The highest BCUT2D eigenvalue weighted by atomic mass is 16.5. The number of rotatable bonds is 6. The number of hydrogen-bond donors (Lipinski definition) is 2. The molecule has 1 unspecified atom stereocenters. The first-order valence-corrected chi connectivity index (χ1v) is 7.77. The van der Waals surface area contributed by atoms with E-state index in [-0.39, 0.29) is 11.6 Å². The Labute approximate surface area is 121 Å². The molecular weight excluding hydrogens is 252 g/mol. The molecular formula is C15H28N4O. The average Bonchev–Trinajstić information content (AvgIpc) is 2.92. The van der Waals surface area contributed by atoms with Gasteiger partial charge in [0.2, 0.25) is 0 Å². The molecule has 0 spiro atoms. The molecule has 3 N–H and O–H groups in total. The van der Waals surface area contributed by atoms with Crippen LogP contribution in [-0.2, 0) is 11.3 Å². The predicted octanol–water partition coefficient (Wildman–Crippen LogP) is 2.39. The highest BCUT2D eigenvalue weighted by Crippen LogP contribution is 2.42. The van der Waals surface area contributed by atoms with Crippen LogP contribution in [0.4, 0.5) is 0 Å². The van der Waals surface area contributed by atoms with Gasteiger partial charge in [-0.05, 0) is 45.4 Å². The Morgan fingerprint density at radius 3 is 2.70 bits per heavy atom. The second kappa shape index (κ2) is 6.70. The zero-order chi connectivity index (χ0) is 14.6. The molecule has 1 aromatic heterocycles. The van der Waals surface area contributed by atoms with Crippen molar-refractivity contribution in [2.75, 3.05) is 6.61 Å². The number of aromatic nitrogens is 2. The van der Waals surface area contributed by atoms with Gasteiger partial charge in [-0.25, -0.2) is 5.43 Å². The van der Waals surface area contributed by atoms with Crippen molar-refractivity contribution in [2.45, 2.75) is 64.6 Å².